The molecule has 1 aromatic rings. The minimum atomic E-state index is -0.802. The van der Waals surface area contributed by atoms with Gasteiger partial charge >= 0.3 is 0 Å². The first-order valence-corrected chi connectivity index (χ1v) is 5.89. The van der Waals surface area contributed by atoms with Crippen molar-refractivity contribution in [3.63, 3.8) is 0 Å². The van der Waals surface area contributed by atoms with Crippen molar-refractivity contribution >= 4 is 0 Å². The van der Waals surface area contributed by atoms with E-state index in [9.17, 15) is 8.78 Å². The second-order valence-electron chi connectivity index (χ2n) is 4.57. The van der Waals surface area contributed by atoms with E-state index in [1.807, 2.05) is 0 Å². The predicted molar refractivity (Wildman–Crippen MR) is 59.9 cm³/mol. The molecule has 0 aliphatic heterocycles. The van der Waals surface area contributed by atoms with Gasteiger partial charge in [0.2, 0.25) is 0 Å². The molecule has 0 aromatic heterocycles. The van der Waals surface area contributed by atoms with Gasteiger partial charge in [0.25, 0.3) is 0 Å². The van der Waals surface area contributed by atoms with Crippen LogP contribution in [0, 0.1) is 17.6 Å². The Morgan fingerprint density at radius 3 is 2.50 bits per heavy atom. The summed E-state index contributed by atoms with van der Waals surface area (Å²) in [6.45, 7) is 0. The zero-order valence-electron chi connectivity index (χ0n) is 9.26. The third-order valence-corrected chi connectivity index (χ3v) is 3.50. The van der Waals surface area contributed by atoms with E-state index in [1.54, 1.807) is 6.07 Å². The number of nitrogens with two attached hydrogens (primary N) is 1. The van der Waals surface area contributed by atoms with E-state index in [2.05, 4.69) is 0 Å². The second-order valence-corrected chi connectivity index (χ2v) is 4.57. The Labute approximate surface area is 94.7 Å². The molecular weight excluding hydrogens is 208 g/mol. The molecule has 3 heteroatoms. The minimum Gasteiger partial charge on any atom is -0.324 e. The van der Waals surface area contributed by atoms with E-state index in [-0.39, 0.29) is 6.04 Å². The van der Waals surface area contributed by atoms with Crippen molar-refractivity contribution in [2.75, 3.05) is 0 Å². The maximum absolute atomic E-state index is 13.6. The van der Waals surface area contributed by atoms with Crippen LogP contribution in [-0.4, -0.2) is 0 Å². The van der Waals surface area contributed by atoms with Gasteiger partial charge in [-0.05, 0) is 24.8 Å². The third kappa shape index (κ3) is 2.24. The minimum absolute atomic E-state index is 0.296. The van der Waals surface area contributed by atoms with Crippen LogP contribution in [0.1, 0.15) is 43.7 Å². The highest BCUT2D eigenvalue weighted by atomic mass is 19.2. The molecule has 1 saturated carbocycles. The largest absolute Gasteiger partial charge is 0.324 e. The van der Waals surface area contributed by atoms with Crippen LogP contribution in [-0.2, 0) is 0 Å². The maximum Gasteiger partial charge on any atom is 0.163 e. The fraction of sp³-hybridized carbons (Fsp3) is 0.538. The molecule has 1 aliphatic carbocycles. The van der Waals surface area contributed by atoms with Gasteiger partial charge in [0.1, 0.15) is 0 Å². The first-order valence-electron chi connectivity index (χ1n) is 5.89. The molecule has 0 spiro atoms. The molecule has 0 radical (unpaired) electrons. The van der Waals surface area contributed by atoms with Gasteiger partial charge in [0.15, 0.2) is 11.6 Å². The number of benzene rings is 1. The third-order valence-electron chi connectivity index (χ3n) is 3.50. The fourth-order valence-corrected chi connectivity index (χ4v) is 2.53. The van der Waals surface area contributed by atoms with Crippen LogP contribution in [0.15, 0.2) is 18.2 Å². The average Bonchev–Trinajstić information content (AvgIpc) is 2.33. The highest BCUT2D eigenvalue weighted by Crippen LogP contribution is 2.34. The summed E-state index contributed by atoms with van der Waals surface area (Å²) in [4.78, 5) is 0. The van der Waals surface area contributed by atoms with Crippen LogP contribution < -0.4 is 5.73 Å². The number of hydrogen-bond donors (Lipinski definition) is 1. The molecule has 1 fully saturated rings. The van der Waals surface area contributed by atoms with E-state index in [0.717, 1.165) is 31.7 Å². The van der Waals surface area contributed by atoms with E-state index in [1.165, 1.54) is 12.5 Å². The molecule has 0 saturated heterocycles. The van der Waals surface area contributed by atoms with E-state index < -0.39 is 11.6 Å². The van der Waals surface area contributed by atoms with Crippen molar-refractivity contribution < 1.29 is 8.78 Å². The molecule has 16 heavy (non-hydrogen) atoms. The molecule has 0 heterocycles. The van der Waals surface area contributed by atoms with Gasteiger partial charge in [-0.15, -0.1) is 0 Å². The van der Waals surface area contributed by atoms with Gasteiger partial charge in [0.05, 0.1) is 0 Å². The van der Waals surface area contributed by atoms with Gasteiger partial charge in [-0.25, -0.2) is 8.78 Å². The van der Waals surface area contributed by atoms with Crippen LogP contribution in [0.5, 0.6) is 0 Å². The molecule has 0 bridgehead atoms. The van der Waals surface area contributed by atoms with Crippen molar-refractivity contribution in [2.24, 2.45) is 11.7 Å². The summed E-state index contributed by atoms with van der Waals surface area (Å²) >= 11 is 0. The second kappa shape index (κ2) is 4.91. The lowest BCUT2D eigenvalue weighted by Crippen LogP contribution is -2.24. The zero-order chi connectivity index (χ0) is 11.5. The first-order chi connectivity index (χ1) is 7.70. The molecule has 1 atom stereocenters. The summed E-state index contributed by atoms with van der Waals surface area (Å²) in [5, 5.41) is 0. The summed E-state index contributed by atoms with van der Waals surface area (Å²) in [6, 6.07) is 3.89. The Morgan fingerprint density at radius 2 is 1.81 bits per heavy atom. The number of halogens is 2. The fourth-order valence-electron chi connectivity index (χ4n) is 2.53. The highest BCUT2D eigenvalue weighted by Gasteiger charge is 2.24. The molecule has 1 aromatic carbocycles. The SMILES string of the molecule is NC(c1cccc(F)c1F)C1CCCCC1. The average molecular weight is 225 g/mol. The molecule has 0 amide bonds. The highest BCUT2D eigenvalue weighted by molar-refractivity contribution is 5.23. The molecule has 88 valence electrons. The normalized spacial score (nSPS) is 19.7. The predicted octanol–water partition coefficient (Wildman–Crippen LogP) is 3.54. The van der Waals surface area contributed by atoms with Gasteiger partial charge in [-0.3, -0.25) is 0 Å². The summed E-state index contributed by atoms with van der Waals surface area (Å²) in [7, 11) is 0. The zero-order valence-corrected chi connectivity index (χ0v) is 9.26. The summed E-state index contributed by atoms with van der Waals surface area (Å²) in [5.74, 6) is -1.28. The van der Waals surface area contributed by atoms with Crippen LogP contribution in [0.2, 0.25) is 0 Å². The van der Waals surface area contributed by atoms with Crippen molar-refractivity contribution in [3.8, 4) is 0 Å². The van der Waals surface area contributed by atoms with Crippen LogP contribution in [0.3, 0.4) is 0 Å². The lowest BCUT2D eigenvalue weighted by molar-refractivity contribution is 0.301. The van der Waals surface area contributed by atoms with Crippen LogP contribution in [0.25, 0.3) is 0 Å². The Kier molecular flexibility index (Phi) is 3.54. The standard InChI is InChI=1S/C13H17F2N/c14-11-8-4-7-10(12(11)15)13(16)9-5-2-1-3-6-9/h4,7-9,13H,1-3,5-6,16H2. The first kappa shape index (κ1) is 11.5. The van der Waals surface area contributed by atoms with E-state index in [0.29, 0.717) is 11.5 Å². The molecule has 2 N–H and O–H groups in total. The Balaban J connectivity index is 2.19. The Bertz CT molecular complexity index is 359. The molecular formula is C13H17F2N. The lowest BCUT2D eigenvalue weighted by atomic mass is 9.81. The summed E-state index contributed by atoms with van der Waals surface area (Å²) in [6.07, 6.45) is 5.58. The smallest absolute Gasteiger partial charge is 0.163 e. The van der Waals surface area contributed by atoms with Crippen LogP contribution >= 0.6 is 0 Å². The molecule has 1 nitrogen and oxygen atoms in total. The number of hydrogen-bond acceptors (Lipinski definition) is 1. The van der Waals surface area contributed by atoms with E-state index >= 15 is 0 Å². The number of rotatable bonds is 2. The quantitative estimate of drug-likeness (QED) is 0.818. The van der Waals surface area contributed by atoms with Crippen molar-refractivity contribution in [1.82, 2.24) is 0 Å². The van der Waals surface area contributed by atoms with Crippen LogP contribution in [0.4, 0.5) is 8.78 Å². The molecule has 2 rings (SSSR count). The van der Waals surface area contributed by atoms with Crippen molar-refractivity contribution in [3.05, 3.63) is 35.4 Å². The van der Waals surface area contributed by atoms with Crippen molar-refractivity contribution in [1.29, 1.82) is 0 Å². The van der Waals surface area contributed by atoms with E-state index in [4.69, 9.17) is 5.73 Å². The Hall–Kier alpha value is -0.960. The summed E-state index contributed by atoms with van der Waals surface area (Å²) in [5.41, 5.74) is 6.36. The topological polar surface area (TPSA) is 26.0 Å². The lowest BCUT2D eigenvalue weighted by Gasteiger charge is -2.27. The van der Waals surface area contributed by atoms with Gasteiger partial charge in [-0.1, -0.05) is 31.4 Å². The van der Waals surface area contributed by atoms with Gasteiger partial charge in [-0.2, -0.15) is 0 Å². The monoisotopic (exact) mass is 225 g/mol. The Morgan fingerprint density at radius 1 is 1.12 bits per heavy atom. The molecule has 1 aliphatic rings. The molecule has 1 unspecified atom stereocenters. The van der Waals surface area contributed by atoms with Crippen molar-refractivity contribution in [2.45, 2.75) is 38.1 Å². The summed E-state index contributed by atoms with van der Waals surface area (Å²) < 4.78 is 26.6. The van der Waals surface area contributed by atoms with Gasteiger partial charge in [0, 0.05) is 11.6 Å². The van der Waals surface area contributed by atoms with Gasteiger partial charge < -0.3 is 5.73 Å². The maximum atomic E-state index is 13.6.